The number of carbonyl (C=O) groups is 1. The molecule has 0 radical (unpaired) electrons. The van der Waals surface area contributed by atoms with Crippen LogP contribution in [-0.4, -0.2) is 27.2 Å². The standard InChI is InChI=1S/C15H13Cl2NO4S/c1-23(20,21)12-5-6-13(17)14(8-12)18-15(19)9-22-11-4-2-3-10(16)7-11/h2-8H,9H2,1H3,(H,18,19). The summed E-state index contributed by atoms with van der Waals surface area (Å²) < 4.78 is 28.4. The smallest absolute Gasteiger partial charge is 0.262 e. The molecule has 122 valence electrons. The van der Waals surface area contributed by atoms with Gasteiger partial charge >= 0.3 is 0 Å². The normalized spacial score (nSPS) is 11.1. The highest BCUT2D eigenvalue weighted by Crippen LogP contribution is 2.25. The second kappa shape index (κ2) is 7.21. The number of sulfone groups is 1. The summed E-state index contributed by atoms with van der Waals surface area (Å²) in [5, 5.41) is 3.24. The van der Waals surface area contributed by atoms with Crippen LogP contribution in [0.1, 0.15) is 0 Å². The fourth-order valence-electron chi connectivity index (χ4n) is 1.72. The summed E-state index contributed by atoms with van der Waals surface area (Å²) in [4.78, 5) is 12.0. The minimum absolute atomic E-state index is 0.0629. The summed E-state index contributed by atoms with van der Waals surface area (Å²) in [7, 11) is -3.39. The van der Waals surface area contributed by atoms with Crippen LogP contribution in [0.15, 0.2) is 47.4 Å². The molecule has 1 N–H and O–H groups in total. The molecule has 2 aromatic rings. The van der Waals surface area contributed by atoms with Crippen molar-refractivity contribution < 1.29 is 17.9 Å². The molecule has 0 fully saturated rings. The molecule has 0 spiro atoms. The zero-order valence-electron chi connectivity index (χ0n) is 12.0. The Morgan fingerprint density at radius 3 is 2.57 bits per heavy atom. The summed E-state index contributed by atoms with van der Waals surface area (Å²) in [6.07, 6.45) is 1.07. The van der Waals surface area contributed by atoms with Crippen molar-refractivity contribution in [2.24, 2.45) is 0 Å². The maximum Gasteiger partial charge on any atom is 0.262 e. The number of hydrogen-bond donors (Lipinski definition) is 1. The fourth-order valence-corrected chi connectivity index (χ4v) is 2.72. The van der Waals surface area contributed by atoms with E-state index >= 15 is 0 Å². The molecule has 0 atom stereocenters. The van der Waals surface area contributed by atoms with Gasteiger partial charge in [0.1, 0.15) is 5.75 Å². The van der Waals surface area contributed by atoms with Gasteiger partial charge in [0.05, 0.1) is 15.6 Å². The first kappa shape index (κ1) is 17.6. The molecular formula is C15H13Cl2NO4S. The van der Waals surface area contributed by atoms with E-state index in [-0.39, 0.29) is 22.2 Å². The van der Waals surface area contributed by atoms with Gasteiger partial charge in [-0.25, -0.2) is 8.42 Å². The van der Waals surface area contributed by atoms with E-state index in [2.05, 4.69) is 5.32 Å². The van der Waals surface area contributed by atoms with Gasteiger partial charge in [-0.15, -0.1) is 0 Å². The van der Waals surface area contributed by atoms with E-state index < -0.39 is 15.7 Å². The highest BCUT2D eigenvalue weighted by atomic mass is 35.5. The Balaban J connectivity index is 2.05. The van der Waals surface area contributed by atoms with Crippen LogP contribution in [0, 0.1) is 0 Å². The molecule has 1 amide bonds. The van der Waals surface area contributed by atoms with Crippen LogP contribution in [-0.2, 0) is 14.6 Å². The van der Waals surface area contributed by atoms with E-state index in [1.807, 2.05) is 0 Å². The molecule has 0 saturated heterocycles. The van der Waals surface area contributed by atoms with Gasteiger partial charge in [0.25, 0.3) is 5.91 Å². The molecule has 0 saturated carbocycles. The van der Waals surface area contributed by atoms with Crippen LogP contribution >= 0.6 is 23.2 Å². The van der Waals surface area contributed by atoms with E-state index in [0.29, 0.717) is 10.8 Å². The number of ether oxygens (including phenoxy) is 1. The third-order valence-electron chi connectivity index (χ3n) is 2.81. The van der Waals surface area contributed by atoms with Crippen LogP contribution in [0.4, 0.5) is 5.69 Å². The molecule has 0 aliphatic carbocycles. The molecule has 23 heavy (non-hydrogen) atoms. The predicted molar refractivity (Wildman–Crippen MR) is 90.1 cm³/mol. The number of nitrogens with one attached hydrogen (secondary N) is 1. The van der Waals surface area contributed by atoms with E-state index in [1.54, 1.807) is 24.3 Å². The minimum Gasteiger partial charge on any atom is -0.484 e. The number of anilines is 1. The summed E-state index contributed by atoms with van der Waals surface area (Å²) >= 11 is 11.8. The predicted octanol–water partition coefficient (Wildman–Crippen LogP) is 3.41. The van der Waals surface area contributed by atoms with E-state index in [0.717, 1.165) is 6.26 Å². The zero-order valence-corrected chi connectivity index (χ0v) is 14.4. The molecular weight excluding hydrogens is 361 g/mol. The Bertz CT molecular complexity index is 837. The molecule has 0 unspecified atom stereocenters. The summed E-state index contributed by atoms with van der Waals surface area (Å²) in [6.45, 7) is -0.264. The topological polar surface area (TPSA) is 72.5 Å². The van der Waals surface area contributed by atoms with Crippen molar-refractivity contribution in [3.8, 4) is 5.75 Å². The number of benzene rings is 2. The van der Waals surface area contributed by atoms with Gasteiger partial charge in [-0.1, -0.05) is 29.3 Å². The van der Waals surface area contributed by atoms with Crippen molar-refractivity contribution in [3.05, 3.63) is 52.5 Å². The lowest BCUT2D eigenvalue weighted by Gasteiger charge is -2.10. The Hall–Kier alpha value is -1.76. The summed E-state index contributed by atoms with van der Waals surface area (Å²) in [6, 6.07) is 10.7. The van der Waals surface area contributed by atoms with Crippen LogP contribution in [0.25, 0.3) is 0 Å². The van der Waals surface area contributed by atoms with E-state index in [9.17, 15) is 13.2 Å². The Kier molecular flexibility index (Phi) is 5.51. The first-order chi connectivity index (χ1) is 10.8. The lowest BCUT2D eigenvalue weighted by Crippen LogP contribution is -2.20. The van der Waals surface area contributed by atoms with Crippen molar-refractivity contribution in [1.29, 1.82) is 0 Å². The molecule has 0 aliphatic rings. The molecule has 0 bridgehead atoms. The second-order valence-electron chi connectivity index (χ2n) is 4.71. The van der Waals surface area contributed by atoms with Gasteiger partial charge in [0, 0.05) is 11.3 Å². The maximum atomic E-state index is 11.9. The average Bonchev–Trinajstić information content (AvgIpc) is 2.46. The van der Waals surface area contributed by atoms with Gasteiger partial charge in [0.15, 0.2) is 16.4 Å². The number of hydrogen-bond acceptors (Lipinski definition) is 4. The van der Waals surface area contributed by atoms with E-state index in [1.165, 1.54) is 18.2 Å². The number of rotatable bonds is 5. The monoisotopic (exact) mass is 373 g/mol. The van der Waals surface area contributed by atoms with Gasteiger partial charge in [-0.05, 0) is 36.4 Å². The zero-order chi connectivity index (χ0) is 17.0. The van der Waals surface area contributed by atoms with Gasteiger partial charge < -0.3 is 10.1 Å². The number of halogens is 2. The number of amides is 1. The quantitative estimate of drug-likeness (QED) is 0.871. The Labute approximate surface area is 144 Å². The molecule has 0 aliphatic heterocycles. The molecule has 8 heteroatoms. The van der Waals surface area contributed by atoms with Crippen LogP contribution in [0.5, 0.6) is 5.75 Å². The van der Waals surface area contributed by atoms with Gasteiger partial charge in [-0.3, -0.25) is 4.79 Å². The van der Waals surface area contributed by atoms with Crippen LogP contribution < -0.4 is 10.1 Å². The van der Waals surface area contributed by atoms with Crippen molar-refractivity contribution in [2.75, 3.05) is 18.2 Å². The third kappa shape index (κ3) is 5.13. The maximum absolute atomic E-state index is 11.9. The van der Waals surface area contributed by atoms with E-state index in [4.69, 9.17) is 27.9 Å². The average molecular weight is 374 g/mol. The minimum atomic E-state index is -3.39. The van der Waals surface area contributed by atoms with Crippen molar-refractivity contribution in [3.63, 3.8) is 0 Å². The highest BCUT2D eigenvalue weighted by molar-refractivity contribution is 7.90. The molecule has 5 nitrogen and oxygen atoms in total. The van der Waals surface area contributed by atoms with Gasteiger partial charge in [-0.2, -0.15) is 0 Å². The molecule has 2 aromatic carbocycles. The molecule has 0 aromatic heterocycles. The first-order valence-corrected chi connectivity index (χ1v) is 9.08. The van der Waals surface area contributed by atoms with Crippen LogP contribution in [0.3, 0.4) is 0 Å². The summed E-state index contributed by atoms with van der Waals surface area (Å²) in [5.41, 5.74) is 0.203. The van der Waals surface area contributed by atoms with Crippen LogP contribution in [0.2, 0.25) is 10.0 Å². The highest BCUT2D eigenvalue weighted by Gasteiger charge is 2.12. The first-order valence-electron chi connectivity index (χ1n) is 6.43. The summed E-state index contributed by atoms with van der Waals surface area (Å²) in [5.74, 6) is -0.0267. The fraction of sp³-hybridized carbons (Fsp3) is 0.133. The molecule has 0 heterocycles. The van der Waals surface area contributed by atoms with Crippen molar-refractivity contribution in [2.45, 2.75) is 4.90 Å². The Morgan fingerprint density at radius 1 is 1.17 bits per heavy atom. The SMILES string of the molecule is CS(=O)(=O)c1ccc(Cl)c(NC(=O)COc2cccc(Cl)c2)c1. The Morgan fingerprint density at radius 2 is 1.91 bits per heavy atom. The van der Waals surface area contributed by atoms with Crippen molar-refractivity contribution >= 4 is 44.6 Å². The third-order valence-corrected chi connectivity index (χ3v) is 4.48. The lowest BCUT2D eigenvalue weighted by atomic mass is 10.3. The van der Waals surface area contributed by atoms with Gasteiger partial charge in [0.2, 0.25) is 0 Å². The number of carbonyl (C=O) groups excluding carboxylic acids is 1. The second-order valence-corrected chi connectivity index (χ2v) is 7.57. The lowest BCUT2D eigenvalue weighted by molar-refractivity contribution is -0.118. The largest absolute Gasteiger partial charge is 0.484 e. The molecule has 2 rings (SSSR count). The van der Waals surface area contributed by atoms with Crippen molar-refractivity contribution in [1.82, 2.24) is 0 Å².